The fraction of sp³-hybridized carbons (Fsp3) is 0.500. The quantitative estimate of drug-likeness (QED) is 0.372. The van der Waals surface area contributed by atoms with Gasteiger partial charge in [0.05, 0.1) is 0 Å². The van der Waals surface area contributed by atoms with Crippen LogP contribution in [0, 0.1) is 0 Å². The van der Waals surface area contributed by atoms with E-state index in [-0.39, 0.29) is 0 Å². The summed E-state index contributed by atoms with van der Waals surface area (Å²) in [5.74, 6) is -1.07. The molecule has 0 spiro atoms. The zero-order chi connectivity index (χ0) is 6.15. The molecular formula is C4H4O4. The first-order chi connectivity index (χ1) is 3.75. The number of carboxylic acids is 1. The number of ether oxygens (including phenoxy) is 1. The van der Waals surface area contributed by atoms with Gasteiger partial charge in [0.25, 0.3) is 0 Å². The highest BCUT2D eigenvalue weighted by atomic mass is 16.6. The standard InChI is InChI=1S/C4H4O4/c5-1-2-3(8-2)4(6)7/h1-3H,(H,6,7)/t2-,3+/m0/s1. The lowest BCUT2D eigenvalue weighted by Gasteiger charge is -1.74. The molecule has 0 aromatic rings. The van der Waals surface area contributed by atoms with Crippen LogP contribution < -0.4 is 0 Å². The van der Waals surface area contributed by atoms with Crippen LogP contribution in [0.25, 0.3) is 0 Å². The van der Waals surface area contributed by atoms with E-state index in [1.807, 2.05) is 0 Å². The molecule has 0 unspecified atom stereocenters. The Labute approximate surface area is 45.1 Å². The maximum atomic E-state index is 9.85. The molecule has 1 rings (SSSR count). The molecule has 1 aliphatic heterocycles. The SMILES string of the molecule is O=C[C@@H]1O[C@H]1C(=O)O. The van der Waals surface area contributed by atoms with Crippen molar-refractivity contribution in [3.05, 3.63) is 0 Å². The second kappa shape index (κ2) is 1.56. The van der Waals surface area contributed by atoms with Crippen LogP contribution in [0.4, 0.5) is 0 Å². The molecule has 0 radical (unpaired) electrons. The minimum absolute atomic E-state index is 0.485. The zero-order valence-electron chi connectivity index (χ0n) is 3.90. The van der Waals surface area contributed by atoms with Gasteiger partial charge in [-0.2, -0.15) is 0 Å². The first-order valence-corrected chi connectivity index (χ1v) is 2.09. The van der Waals surface area contributed by atoms with Crippen LogP contribution in [0.15, 0.2) is 0 Å². The number of carbonyl (C=O) groups excluding carboxylic acids is 1. The predicted octanol–water partition coefficient (Wildman–Crippen LogP) is -0.963. The molecule has 44 valence electrons. The summed E-state index contributed by atoms with van der Waals surface area (Å²) < 4.78 is 4.36. The number of aldehydes is 1. The molecule has 1 saturated heterocycles. The molecule has 1 N–H and O–H groups in total. The lowest BCUT2D eigenvalue weighted by molar-refractivity contribution is -0.138. The fourth-order valence-corrected chi connectivity index (χ4v) is 0.426. The Balaban J connectivity index is 2.36. The molecule has 0 amide bonds. The van der Waals surface area contributed by atoms with E-state index in [0.717, 1.165) is 0 Å². The Morgan fingerprint density at radius 1 is 1.75 bits per heavy atom. The largest absolute Gasteiger partial charge is 0.479 e. The fourth-order valence-electron chi connectivity index (χ4n) is 0.426. The monoisotopic (exact) mass is 116 g/mol. The lowest BCUT2D eigenvalue weighted by Crippen LogP contribution is -2.07. The maximum Gasteiger partial charge on any atom is 0.336 e. The van der Waals surface area contributed by atoms with Crippen molar-refractivity contribution in [3.8, 4) is 0 Å². The van der Waals surface area contributed by atoms with Crippen molar-refractivity contribution < 1.29 is 19.4 Å². The summed E-state index contributed by atoms with van der Waals surface area (Å²) in [7, 11) is 0. The topological polar surface area (TPSA) is 66.9 Å². The van der Waals surface area contributed by atoms with Crippen LogP contribution in [0.2, 0.25) is 0 Å². The van der Waals surface area contributed by atoms with Crippen molar-refractivity contribution in [1.29, 1.82) is 0 Å². The van der Waals surface area contributed by atoms with Crippen molar-refractivity contribution in [2.45, 2.75) is 12.2 Å². The first kappa shape index (κ1) is 5.24. The minimum Gasteiger partial charge on any atom is -0.479 e. The molecule has 1 fully saturated rings. The number of carboxylic acid groups (broad SMARTS) is 1. The molecule has 1 heterocycles. The summed E-state index contributed by atoms with van der Waals surface area (Å²) in [6.07, 6.45) is -1.07. The van der Waals surface area contributed by atoms with Crippen LogP contribution in [0.1, 0.15) is 0 Å². The summed E-state index contributed by atoms with van der Waals surface area (Å²) in [4.78, 5) is 19.5. The molecule has 0 bridgehead atoms. The highest BCUT2D eigenvalue weighted by Gasteiger charge is 2.45. The first-order valence-electron chi connectivity index (χ1n) is 2.09. The van der Waals surface area contributed by atoms with Crippen LogP contribution in [-0.2, 0) is 14.3 Å². The van der Waals surface area contributed by atoms with Gasteiger partial charge < -0.3 is 14.6 Å². The normalized spacial score (nSPS) is 34.0. The molecule has 0 aliphatic carbocycles. The molecule has 0 aromatic carbocycles. The molecule has 1 aliphatic rings. The van der Waals surface area contributed by atoms with Crippen molar-refractivity contribution >= 4 is 12.3 Å². The Morgan fingerprint density at radius 2 is 2.38 bits per heavy atom. The third-order valence-corrected chi connectivity index (χ3v) is 0.903. The number of hydrogen-bond donors (Lipinski definition) is 1. The molecule has 4 nitrogen and oxygen atoms in total. The second-order valence-electron chi connectivity index (χ2n) is 1.50. The summed E-state index contributed by atoms with van der Waals surface area (Å²) >= 11 is 0. The predicted molar refractivity (Wildman–Crippen MR) is 22.4 cm³/mol. The number of rotatable bonds is 2. The molecule has 2 atom stereocenters. The van der Waals surface area contributed by atoms with Crippen molar-refractivity contribution in [3.63, 3.8) is 0 Å². The molecule has 0 aromatic heterocycles. The Hall–Kier alpha value is -0.900. The minimum atomic E-state index is -1.07. The maximum absolute atomic E-state index is 9.85. The van der Waals surface area contributed by atoms with E-state index in [1.165, 1.54) is 0 Å². The second-order valence-corrected chi connectivity index (χ2v) is 1.50. The Kier molecular flexibility index (Phi) is 1.02. The van der Waals surface area contributed by atoms with Gasteiger partial charge in [-0.3, -0.25) is 0 Å². The van der Waals surface area contributed by atoms with Gasteiger partial charge in [-0.25, -0.2) is 4.79 Å². The van der Waals surface area contributed by atoms with Gasteiger partial charge in [-0.05, 0) is 0 Å². The lowest BCUT2D eigenvalue weighted by atomic mass is 10.3. The molecule has 4 heteroatoms. The Morgan fingerprint density at radius 3 is 2.50 bits per heavy atom. The van der Waals surface area contributed by atoms with E-state index < -0.39 is 18.2 Å². The van der Waals surface area contributed by atoms with Crippen molar-refractivity contribution in [2.24, 2.45) is 0 Å². The van der Waals surface area contributed by atoms with Gasteiger partial charge in [0, 0.05) is 0 Å². The molecule has 0 saturated carbocycles. The van der Waals surface area contributed by atoms with Crippen LogP contribution in [0.5, 0.6) is 0 Å². The van der Waals surface area contributed by atoms with Gasteiger partial charge in [0.15, 0.2) is 18.5 Å². The van der Waals surface area contributed by atoms with E-state index in [0.29, 0.717) is 6.29 Å². The third kappa shape index (κ3) is 0.696. The Bertz CT molecular complexity index is 130. The van der Waals surface area contributed by atoms with Gasteiger partial charge in [-0.15, -0.1) is 0 Å². The summed E-state index contributed by atoms with van der Waals surface area (Å²) in [6.45, 7) is 0. The molecule has 8 heavy (non-hydrogen) atoms. The van der Waals surface area contributed by atoms with Crippen LogP contribution in [0.3, 0.4) is 0 Å². The smallest absolute Gasteiger partial charge is 0.336 e. The number of carbonyl (C=O) groups is 2. The van der Waals surface area contributed by atoms with E-state index in [4.69, 9.17) is 5.11 Å². The average Bonchev–Trinajstić information content (AvgIpc) is 2.42. The molecular weight excluding hydrogens is 112 g/mol. The van der Waals surface area contributed by atoms with E-state index in [1.54, 1.807) is 0 Å². The number of hydrogen-bond acceptors (Lipinski definition) is 3. The van der Waals surface area contributed by atoms with E-state index >= 15 is 0 Å². The van der Waals surface area contributed by atoms with E-state index in [9.17, 15) is 9.59 Å². The van der Waals surface area contributed by atoms with Crippen LogP contribution >= 0.6 is 0 Å². The number of epoxide rings is 1. The van der Waals surface area contributed by atoms with Gasteiger partial charge >= 0.3 is 5.97 Å². The van der Waals surface area contributed by atoms with Gasteiger partial charge in [0.2, 0.25) is 0 Å². The van der Waals surface area contributed by atoms with Crippen molar-refractivity contribution in [1.82, 2.24) is 0 Å². The summed E-state index contributed by atoms with van der Waals surface area (Å²) in [5.41, 5.74) is 0. The summed E-state index contributed by atoms with van der Waals surface area (Å²) in [5, 5.41) is 8.07. The highest BCUT2D eigenvalue weighted by Crippen LogP contribution is 2.18. The zero-order valence-corrected chi connectivity index (χ0v) is 3.90. The number of aliphatic carboxylic acids is 1. The van der Waals surface area contributed by atoms with Crippen molar-refractivity contribution in [2.75, 3.05) is 0 Å². The average molecular weight is 116 g/mol. The third-order valence-electron chi connectivity index (χ3n) is 0.903. The van der Waals surface area contributed by atoms with E-state index in [2.05, 4.69) is 4.74 Å². The summed E-state index contributed by atoms with van der Waals surface area (Å²) in [6, 6.07) is 0. The van der Waals surface area contributed by atoms with Gasteiger partial charge in [0.1, 0.15) is 0 Å². The van der Waals surface area contributed by atoms with Crippen LogP contribution in [-0.4, -0.2) is 29.6 Å². The van der Waals surface area contributed by atoms with Gasteiger partial charge in [-0.1, -0.05) is 0 Å². The highest BCUT2D eigenvalue weighted by molar-refractivity contribution is 5.82.